The van der Waals surface area contributed by atoms with Crippen LogP contribution in [0.25, 0.3) is 0 Å². The van der Waals surface area contributed by atoms with Gasteiger partial charge in [-0.2, -0.15) is 5.10 Å². The maximum atomic E-state index is 12.4. The number of amides is 1. The first-order valence-corrected chi connectivity index (χ1v) is 9.97. The lowest BCUT2D eigenvalue weighted by molar-refractivity contribution is 0.102. The van der Waals surface area contributed by atoms with Crippen LogP contribution in [0.1, 0.15) is 15.9 Å². The predicted molar refractivity (Wildman–Crippen MR) is 100 cm³/mol. The molecule has 0 fully saturated rings. The molecular weight excluding hydrogens is 374 g/mol. The van der Waals surface area contributed by atoms with Crippen LogP contribution in [0.2, 0.25) is 5.02 Å². The predicted octanol–water partition coefficient (Wildman–Crippen LogP) is 3.24. The van der Waals surface area contributed by atoms with Crippen molar-refractivity contribution in [2.75, 3.05) is 11.6 Å². The van der Waals surface area contributed by atoms with Gasteiger partial charge < -0.3 is 5.32 Å². The molecule has 0 atom stereocenters. The van der Waals surface area contributed by atoms with Crippen molar-refractivity contribution in [2.45, 2.75) is 11.4 Å². The first-order valence-electron chi connectivity index (χ1n) is 7.71. The summed E-state index contributed by atoms with van der Waals surface area (Å²) in [6.07, 6.45) is 2.72. The molecule has 6 nitrogen and oxygen atoms in total. The zero-order valence-electron chi connectivity index (χ0n) is 13.9. The number of carbonyl (C=O) groups is 1. The highest BCUT2D eigenvalue weighted by Crippen LogP contribution is 2.15. The molecule has 0 radical (unpaired) electrons. The van der Waals surface area contributed by atoms with Gasteiger partial charge in [0.15, 0.2) is 9.84 Å². The summed E-state index contributed by atoms with van der Waals surface area (Å²) >= 11 is 5.88. The fourth-order valence-electron chi connectivity index (χ4n) is 2.37. The van der Waals surface area contributed by atoms with Crippen molar-refractivity contribution in [1.82, 2.24) is 9.78 Å². The molecular formula is C18H16ClN3O3S. The zero-order valence-corrected chi connectivity index (χ0v) is 15.5. The molecule has 1 aromatic heterocycles. The van der Waals surface area contributed by atoms with Crippen molar-refractivity contribution in [3.05, 3.63) is 76.9 Å². The van der Waals surface area contributed by atoms with Gasteiger partial charge in [0.1, 0.15) is 5.82 Å². The van der Waals surface area contributed by atoms with E-state index in [2.05, 4.69) is 10.4 Å². The van der Waals surface area contributed by atoms with Crippen LogP contribution in [0.4, 0.5) is 5.82 Å². The fourth-order valence-corrected chi connectivity index (χ4v) is 3.13. The molecule has 2 aromatic carbocycles. The largest absolute Gasteiger partial charge is 0.307 e. The van der Waals surface area contributed by atoms with E-state index in [4.69, 9.17) is 11.6 Å². The first kappa shape index (κ1) is 18.2. The summed E-state index contributed by atoms with van der Waals surface area (Å²) in [5.41, 5.74) is 1.35. The number of aromatic nitrogens is 2. The quantitative estimate of drug-likeness (QED) is 0.726. The van der Waals surface area contributed by atoms with Gasteiger partial charge in [0.25, 0.3) is 5.91 Å². The minimum atomic E-state index is -3.29. The van der Waals surface area contributed by atoms with Crippen LogP contribution in [0.5, 0.6) is 0 Å². The summed E-state index contributed by atoms with van der Waals surface area (Å²) < 4.78 is 24.6. The Kier molecular flexibility index (Phi) is 5.11. The van der Waals surface area contributed by atoms with Crippen LogP contribution in [0, 0.1) is 0 Å². The van der Waals surface area contributed by atoms with Gasteiger partial charge in [-0.25, -0.2) is 13.1 Å². The van der Waals surface area contributed by atoms with Crippen LogP contribution < -0.4 is 5.32 Å². The van der Waals surface area contributed by atoms with Crippen LogP contribution in [0.3, 0.4) is 0 Å². The number of nitrogens with one attached hydrogen (secondary N) is 1. The maximum absolute atomic E-state index is 12.4. The molecule has 26 heavy (non-hydrogen) atoms. The third-order valence-electron chi connectivity index (χ3n) is 3.75. The molecule has 1 heterocycles. The number of rotatable bonds is 5. The van der Waals surface area contributed by atoms with E-state index in [1.807, 2.05) is 12.1 Å². The molecule has 0 spiro atoms. The van der Waals surface area contributed by atoms with Crippen molar-refractivity contribution in [1.29, 1.82) is 0 Å². The molecule has 0 saturated heterocycles. The van der Waals surface area contributed by atoms with Gasteiger partial charge in [-0.05, 0) is 42.0 Å². The van der Waals surface area contributed by atoms with Crippen LogP contribution in [-0.2, 0) is 16.4 Å². The van der Waals surface area contributed by atoms with Gasteiger partial charge >= 0.3 is 0 Å². The van der Waals surface area contributed by atoms with Crippen molar-refractivity contribution in [3.63, 3.8) is 0 Å². The van der Waals surface area contributed by atoms with E-state index < -0.39 is 9.84 Å². The molecule has 8 heteroatoms. The Morgan fingerprint density at radius 1 is 1.08 bits per heavy atom. The Balaban J connectivity index is 1.74. The van der Waals surface area contributed by atoms with Gasteiger partial charge in [-0.3, -0.25) is 4.79 Å². The van der Waals surface area contributed by atoms with E-state index in [0.29, 0.717) is 22.9 Å². The van der Waals surface area contributed by atoms with Gasteiger partial charge in [0.05, 0.1) is 17.6 Å². The average Bonchev–Trinajstić information content (AvgIpc) is 3.03. The SMILES string of the molecule is CS(=O)(=O)c1ccc(C(=O)Nc2ccnn2Cc2ccc(Cl)cc2)cc1. The first-order chi connectivity index (χ1) is 12.3. The monoisotopic (exact) mass is 389 g/mol. The molecule has 0 aliphatic rings. The number of benzene rings is 2. The third-order valence-corrected chi connectivity index (χ3v) is 5.13. The lowest BCUT2D eigenvalue weighted by atomic mass is 10.2. The number of nitrogens with zero attached hydrogens (tertiary/aromatic N) is 2. The standard InChI is InChI=1S/C18H16ClN3O3S/c1-26(24,25)16-8-4-14(5-9-16)18(23)21-17-10-11-20-22(17)12-13-2-6-15(19)7-3-13/h2-11H,12H2,1H3,(H,21,23). The summed E-state index contributed by atoms with van der Waals surface area (Å²) in [7, 11) is -3.29. The molecule has 3 rings (SSSR count). The second kappa shape index (κ2) is 7.31. The molecule has 0 unspecified atom stereocenters. The Morgan fingerprint density at radius 2 is 1.73 bits per heavy atom. The van der Waals surface area contributed by atoms with Gasteiger partial charge in [-0.1, -0.05) is 23.7 Å². The highest BCUT2D eigenvalue weighted by atomic mass is 35.5. The third kappa shape index (κ3) is 4.30. The van der Waals surface area contributed by atoms with Crippen molar-refractivity contribution in [3.8, 4) is 0 Å². The summed E-state index contributed by atoms with van der Waals surface area (Å²) in [4.78, 5) is 12.6. The molecule has 1 amide bonds. The van der Waals surface area contributed by atoms with Gasteiger partial charge in [0, 0.05) is 22.9 Å². The van der Waals surface area contributed by atoms with E-state index in [1.165, 1.54) is 24.3 Å². The van der Waals surface area contributed by atoms with E-state index >= 15 is 0 Å². The Bertz CT molecular complexity index is 1030. The van der Waals surface area contributed by atoms with Gasteiger partial charge in [0.2, 0.25) is 0 Å². The average molecular weight is 390 g/mol. The van der Waals surface area contributed by atoms with E-state index in [9.17, 15) is 13.2 Å². The summed E-state index contributed by atoms with van der Waals surface area (Å²) in [6, 6.07) is 14.8. The topological polar surface area (TPSA) is 81.1 Å². The van der Waals surface area contributed by atoms with Crippen LogP contribution >= 0.6 is 11.6 Å². The molecule has 1 N–H and O–H groups in total. The molecule has 0 aliphatic heterocycles. The molecule has 0 bridgehead atoms. The summed E-state index contributed by atoms with van der Waals surface area (Å²) in [5.74, 6) is 0.194. The number of halogens is 1. The second-order valence-electron chi connectivity index (χ2n) is 5.75. The lowest BCUT2D eigenvalue weighted by Crippen LogP contribution is -2.16. The number of hydrogen-bond donors (Lipinski definition) is 1. The highest BCUT2D eigenvalue weighted by Gasteiger charge is 2.12. The van der Waals surface area contributed by atoms with Crippen LogP contribution in [0.15, 0.2) is 65.7 Å². The highest BCUT2D eigenvalue weighted by molar-refractivity contribution is 7.90. The smallest absolute Gasteiger partial charge is 0.256 e. The number of carbonyl (C=O) groups excluding carboxylic acids is 1. The molecule has 3 aromatic rings. The fraction of sp³-hybridized carbons (Fsp3) is 0.111. The lowest BCUT2D eigenvalue weighted by Gasteiger charge is -2.09. The molecule has 0 aliphatic carbocycles. The summed E-state index contributed by atoms with van der Waals surface area (Å²) in [6.45, 7) is 0.479. The molecule has 134 valence electrons. The van der Waals surface area contributed by atoms with Crippen molar-refractivity contribution < 1.29 is 13.2 Å². The van der Waals surface area contributed by atoms with Crippen molar-refractivity contribution >= 4 is 33.2 Å². The number of anilines is 1. The Hall–Kier alpha value is -2.64. The van der Waals surface area contributed by atoms with E-state index in [-0.39, 0.29) is 10.8 Å². The van der Waals surface area contributed by atoms with Gasteiger partial charge in [-0.15, -0.1) is 0 Å². The normalized spacial score (nSPS) is 11.3. The minimum absolute atomic E-state index is 0.168. The van der Waals surface area contributed by atoms with Crippen LogP contribution in [-0.4, -0.2) is 30.4 Å². The zero-order chi connectivity index (χ0) is 18.7. The van der Waals surface area contributed by atoms with E-state index in [0.717, 1.165) is 11.8 Å². The maximum Gasteiger partial charge on any atom is 0.256 e. The number of sulfone groups is 1. The number of hydrogen-bond acceptors (Lipinski definition) is 4. The minimum Gasteiger partial charge on any atom is -0.307 e. The second-order valence-corrected chi connectivity index (χ2v) is 8.20. The Labute approximate surface area is 156 Å². The van der Waals surface area contributed by atoms with Crippen molar-refractivity contribution in [2.24, 2.45) is 0 Å². The van der Waals surface area contributed by atoms with E-state index in [1.54, 1.807) is 29.1 Å². The Morgan fingerprint density at radius 3 is 2.35 bits per heavy atom. The molecule has 0 saturated carbocycles. The summed E-state index contributed by atoms with van der Waals surface area (Å²) in [5, 5.41) is 7.65.